The SMILES string of the molecule is CCC/C=C\CCCCCCCC(=O)OC(COC(=O)CCCCCCCCCCC)COC(=O)CCCCCCCCCCCCCCCCCCCCCCC/C=C\CCCCCCCCCC. The highest BCUT2D eigenvalue weighted by Crippen LogP contribution is 2.18. The molecule has 1 unspecified atom stereocenters. The number of unbranched alkanes of at least 4 members (excludes halogenated alkanes) is 43. The first-order valence-corrected chi connectivity index (χ1v) is 31.3. The summed E-state index contributed by atoms with van der Waals surface area (Å²) in [6, 6.07) is 0. The van der Waals surface area contributed by atoms with Crippen molar-refractivity contribution >= 4 is 17.9 Å². The number of allylic oxidation sites excluding steroid dienone is 4. The van der Waals surface area contributed by atoms with Crippen molar-refractivity contribution in [3.8, 4) is 0 Å². The van der Waals surface area contributed by atoms with Crippen molar-refractivity contribution in [1.82, 2.24) is 0 Å². The zero-order valence-electron chi connectivity index (χ0n) is 47.3. The zero-order chi connectivity index (χ0) is 50.7. The van der Waals surface area contributed by atoms with Crippen LogP contribution in [0.15, 0.2) is 24.3 Å². The van der Waals surface area contributed by atoms with Crippen molar-refractivity contribution in [2.45, 2.75) is 354 Å². The third-order valence-corrected chi connectivity index (χ3v) is 14.2. The number of rotatable bonds is 58. The van der Waals surface area contributed by atoms with Crippen molar-refractivity contribution in [2.75, 3.05) is 13.2 Å². The van der Waals surface area contributed by atoms with Crippen LogP contribution in [0.3, 0.4) is 0 Å². The molecule has 1 atom stereocenters. The molecule has 0 aliphatic carbocycles. The molecule has 0 aliphatic heterocycles. The Morgan fingerprint density at radius 3 is 0.771 bits per heavy atom. The third-order valence-electron chi connectivity index (χ3n) is 14.2. The normalized spacial score (nSPS) is 12.1. The second-order valence-electron chi connectivity index (χ2n) is 21.3. The van der Waals surface area contributed by atoms with Crippen molar-refractivity contribution in [3.05, 3.63) is 24.3 Å². The first-order chi connectivity index (χ1) is 34.5. The van der Waals surface area contributed by atoms with Crippen molar-refractivity contribution in [3.63, 3.8) is 0 Å². The van der Waals surface area contributed by atoms with Gasteiger partial charge in [-0.2, -0.15) is 0 Å². The largest absolute Gasteiger partial charge is 0.462 e. The molecule has 0 rings (SSSR count). The third kappa shape index (κ3) is 56.8. The van der Waals surface area contributed by atoms with Crippen LogP contribution in [0.4, 0.5) is 0 Å². The monoisotopic (exact) mass is 985 g/mol. The number of esters is 3. The van der Waals surface area contributed by atoms with Crippen LogP contribution in [-0.2, 0) is 28.6 Å². The Bertz CT molecular complexity index is 1130. The summed E-state index contributed by atoms with van der Waals surface area (Å²) in [5, 5.41) is 0. The zero-order valence-corrected chi connectivity index (χ0v) is 47.3. The highest BCUT2D eigenvalue weighted by Gasteiger charge is 2.19. The quantitative estimate of drug-likeness (QED) is 0.0261. The molecule has 0 saturated carbocycles. The fourth-order valence-electron chi connectivity index (χ4n) is 9.44. The standard InChI is InChI=1S/C64H120O6/c1-4-7-10-13-16-19-21-22-23-24-25-26-27-28-29-30-31-32-33-34-35-36-37-38-39-40-41-42-43-46-48-51-54-57-63(66)69-60-61(59-68-62(65)56-53-50-47-44-18-15-12-9-6-3)70-64(67)58-55-52-49-45-20-17-14-11-8-5-2/h11,14,24-25,61H,4-10,12-13,15-23,26-60H2,1-3H3/b14-11-,25-24-. The Morgan fingerprint density at radius 2 is 0.500 bits per heavy atom. The molecule has 0 heterocycles. The molecule has 0 spiro atoms. The van der Waals surface area contributed by atoms with Gasteiger partial charge in [-0.05, 0) is 64.2 Å². The molecule has 0 aromatic carbocycles. The van der Waals surface area contributed by atoms with Gasteiger partial charge in [-0.3, -0.25) is 14.4 Å². The Kier molecular flexibility index (Phi) is 57.7. The smallest absolute Gasteiger partial charge is 0.306 e. The van der Waals surface area contributed by atoms with Gasteiger partial charge in [0.1, 0.15) is 13.2 Å². The van der Waals surface area contributed by atoms with Gasteiger partial charge < -0.3 is 14.2 Å². The maximum atomic E-state index is 12.7. The molecule has 70 heavy (non-hydrogen) atoms. The van der Waals surface area contributed by atoms with Gasteiger partial charge in [0.2, 0.25) is 0 Å². The van der Waals surface area contributed by atoms with E-state index in [1.807, 2.05) is 0 Å². The minimum atomic E-state index is -0.768. The summed E-state index contributed by atoms with van der Waals surface area (Å²) >= 11 is 0. The Labute approximate surface area is 436 Å². The maximum absolute atomic E-state index is 12.7. The molecule has 6 heteroatoms. The predicted octanol–water partition coefficient (Wildman–Crippen LogP) is 21.1. The number of carbonyl (C=O) groups excluding carboxylic acids is 3. The molecule has 0 bridgehead atoms. The van der Waals surface area contributed by atoms with Gasteiger partial charge in [0.05, 0.1) is 0 Å². The van der Waals surface area contributed by atoms with E-state index in [9.17, 15) is 14.4 Å². The van der Waals surface area contributed by atoms with Gasteiger partial charge in [-0.1, -0.05) is 289 Å². The molecule has 6 nitrogen and oxygen atoms in total. The molecule has 0 N–H and O–H groups in total. The van der Waals surface area contributed by atoms with E-state index < -0.39 is 6.10 Å². The van der Waals surface area contributed by atoms with Gasteiger partial charge in [0, 0.05) is 19.3 Å². The highest BCUT2D eigenvalue weighted by molar-refractivity contribution is 5.71. The van der Waals surface area contributed by atoms with Crippen LogP contribution in [0.25, 0.3) is 0 Å². The molecule has 412 valence electrons. The van der Waals surface area contributed by atoms with E-state index in [1.54, 1.807) is 0 Å². The maximum Gasteiger partial charge on any atom is 0.306 e. The molecular weight excluding hydrogens is 865 g/mol. The number of hydrogen-bond acceptors (Lipinski definition) is 6. The first kappa shape index (κ1) is 67.9. The lowest BCUT2D eigenvalue weighted by Gasteiger charge is -2.18. The molecule has 0 aliphatic rings. The van der Waals surface area contributed by atoms with Crippen molar-refractivity contribution in [1.29, 1.82) is 0 Å². The topological polar surface area (TPSA) is 78.9 Å². The van der Waals surface area contributed by atoms with Crippen LogP contribution in [0, 0.1) is 0 Å². The summed E-state index contributed by atoms with van der Waals surface area (Å²) < 4.78 is 16.8. The van der Waals surface area contributed by atoms with Gasteiger partial charge >= 0.3 is 17.9 Å². The Morgan fingerprint density at radius 1 is 0.271 bits per heavy atom. The number of ether oxygens (including phenoxy) is 3. The average Bonchev–Trinajstić information content (AvgIpc) is 3.36. The van der Waals surface area contributed by atoms with E-state index in [-0.39, 0.29) is 31.1 Å². The van der Waals surface area contributed by atoms with Crippen molar-refractivity contribution < 1.29 is 28.6 Å². The van der Waals surface area contributed by atoms with Crippen LogP contribution in [-0.4, -0.2) is 37.2 Å². The van der Waals surface area contributed by atoms with Gasteiger partial charge in [0.25, 0.3) is 0 Å². The summed E-state index contributed by atoms with van der Waals surface area (Å²) in [7, 11) is 0. The lowest BCUT2D eigenvalue weighted by molar-refractivity contribution is -0.167. The minimum absolute atomic E-state index is 0.0697. The van der Waals surface area contributed by atoms with E-state index in [0.29, 0.717) is 19.3 Å². The minimum Gasteiger partial charge on any atom is -0.462 e. The van der Waals surface area contributed by atoms with Crippen molar-refractivity contribution in [2.24, 2.45) is 0 Å². The molecule has 0 aromatic heterocycles. The average molecular weight is 986 g/mol. The lowest BCUT2D eigenvalue weighted by Crippen LogP contribution is -2.30. The second kappa shape index (κ2) is 59.5. The summed E-state index contributed by atoms with van der Waals surface area (Å²) in [5.74, 6) is -0.866. The summed E-state index contributed by atoms with van der Waals surface area (Å²) in [6.07, 6.45) is 70.9. The Balaban J connectivity index is 3.90. The van der Waals surface area contributed by atoms with Gasteiger partial charge in [-0.25, -0.2) is 0 Å². The molecule has 0 radical (unpaired) electrons. The highest BCUT2D eigenvalue weighted by atomic mass is 16.6. The number of carbonyl (C=O) groups is 3. The van der Waals surface area contributed by atoms with E-state index in [2.05, 4.69) is 45.1 Å². The van der Waals surface area contributed by atoms with E-state index in [0.717, 1.165) is 77.0 Å². The van der Waals surface area contributed by atoms with Crippen LogP contribution in [0.5, 0.6) is 0 Å². The van der Waals surface area contributed by atoms with Gasteiger partial charge in [-0.15, -0.1) is 0 Å². The van der Waals surface area contributed by atoms with E-state index >= 15 is 0 Å². The van der Waals surface area contributed by atoms with E-state index in [1.165, 1.54) is 231 Å². The van der Waals surface area contributed by atoms with Crippen LogP contribution in [0.2, 0.25) is 0 Å². The van der Waals surface area contributed by atoms with Crippen LogP contribution < -0.4 is 0 Å². The molecule has 0 fully saturated rings. The number of hydrogen-bond donors (Lipinski definition) is 0. The molecule has 0 amide bonds. The molecule has 0 saturated heterocycles. The summed E-state index contributed by atoms with van der Waals surface area (Å²) in [6.45, 7) is 6.59. The van der Waals surface area contributed by atoms with Crippen LogP contribution in [0.1, 0.15) is 348 Å². The first-order valence-electron chi connectivity index (χ1n) is 31.3. The fraction of sp³-hybridized carbons (Fsp3) is 0.891. The predicted molar refractivity (Wildman–Crippen MR) is 303 cm³/mol. The lowest BCUT2D eigenvalue weighted by atomic mass is 10.0. The van der Waals surface area contributed by atoms with Crippen LogP contribution >= 0.6 is 0 Å². The summed E-state index contributed by atoms with van der Waals surface area (Å²) in [5.41, 5.74) is 0. The molecule has 0 aromatic rings. The molecular formula is C64H120O6. The fourth-order valence-corrected chi connectivity index (χ4v) is 9.44. The Hall–Kier alpha value is -2.11. The summed E-state index contributed by atoms with van der Waals surface area (Å²) in [4.78, 5) is 37.9. The van der Waals surface area contributed by atoms with E-state index in [4.69, 9.17) is 14.2 Å². The second-order valence-corrected chi connectivity index (χ2v) is 21.3. The van der Waals surface area contributed by atoms with Gasteiger partial charge in [0.15, 0.2) is 6.10 Å².